The molecular weight excluding hydrogens is 290 g/mol. The van der Waals surface area contributed by atoms with E-state index in [1.165, 1.54) is 11.1 Å². The zero-order valence-corrected chi connectivity index (χ0v) is 13.0. The van der Waals surface area contributed by atoms with Crippen LogP contribution in [0.2, 0.25) is 0 Å². The molecule has 0 heterocycles. The number of hydrogen-bond donors (Lipinski definition) is 2. The lowest BCUT2D eigenvalue weighted by Gasteiger charge is -2.08. The first-order chi connectivity index (χ1) is 11.0. The Balaban J connectivity index is 1.65. The predicted octanol–water partition coefficient (Wildman–Crippen LogP) is 3.36. The van der Waals surface area contributed by atoms with E-state index in [-0.39, 0.29) is 18.2 Å². The predicted molar refractivity (Wildman–Crippen MR) is 88.4 cm³/mol. The summed E-state index contributed by atoms with van der Waals surface area (Å²) in [6, 6.07) is 15.2. The molecule has 4 nitrogen and oxygen atoms in total. The Bertz CT molecular complexity index is 754. The SMILES string of the molecule is Cc1ccccc1[C@@H]1C[C@H]1C(=O)Nc1cccc(CC(=O)O)c1. The minimum atomic E-state index is -0.879. The number of rotatable bonds is 5. The van der Waals surface area contributed by atoms with Crippen molar-refractivity contribution in [3.8, 4) is 0 Å². The Morgan fingerprint density at radius 3 is 2.70 bits per heavy atom. The fourth-order valence-corrected chi connectivity index (χ4v) is 3.00. The molecule has 2 aromatic carbocycles. The number of carboxylic acid groups (broad SMARTS) is 1. The van der Waals surface area contributed by atoms with E-state index in [0.29, 0.717) is 17.2 Å². The van der Waals surface area contributed by atoms with Gasteiger partial charge in [0.25, 0.3) is 0 Å². The number of aryl methyl sites for hydroxylation is 1. The molecular formula is C19H19NO3. The third-order valence-electron chi connectivity index (χ3n) is 4.27. The van der Waals surface area contributed by atoms with Crippen LogP contribution in [0.5, 0.6) is 0 Å². The molecule has 1 saturated carbocycles. The summed E-state index contributed by atoms with van der Waals surface area (Å²) in [5.74, 6) is -0.585. The molecule has 23 heavy (non-hydrogen) atoms. The van der Waals surface area contributed by atoms with Crippen molar-refractivity contribution in [2.45, 2.75) is 25.7 Å². The second kappa shape index (κ2) is 6.24. The van der Waals surface area contributed by atoms with Crippen LogP contribution in [0.15, 0.2) is 48.5 Å². The van der Waals surface area contributed by atoms with E-state index in [4.69, 9.17) is 5.11 Å². The first kappa shape index (κ1) is 15.3. The van der Waals surface area contributed by atoms with Crippen LogP contribution in [0.3, 0.4) is 0 Å². The Morgan fingerprint density at radius 2 is 1.96 bits per heavy atom. The molecule has 2 atom stereocenters. The van der Waals surface area contributed by atoms with Gasteiger partial charge in [0.2, 0.25) is 5.91 Å². The third-order valence-corrected chi connectivity index (χ3v) is 4.27. The van der Waals surface area contributed by atoms with Crippen LogP contribution in [0.1, 0.15) is 29.0 Å². The molecule has 1 amide bonds. The van der Waals surface area contributed by atoms with Gasteiger partial charge in [0.1, 0.15) is 0 Å². The van der Waals surface area contributed by atoms with Gasteiger partial charge in [0, 0.05) is 11.6 Å². The van der Waals surface area contributed by atoms with Crippen molar-refractivity contribution in [2.75, 3.05) is 5.32 Å². The molecule has 0 unspecified atom stereocenters. The van der Waals surface area contributed by atoms with Gasteiger partial charge in [-0.25, -0.2) is 0 Å². The van der Waals surface area contributed by atoms with Crippen LogP contribution < -0.4 is 5.32 Å². The molecule has 0 bridgehead atoms. The summed E-state index contributed by atoms with van der Waals surface area (Å²) in [7, 11) is 0. The molecule has 0 radical (unpaired) electrons. The van der Waals surface area contributed by atoms with Gasteiger partial charge in [0.05, 0.1) is 6.42 Å². The molecule has 2 N–H and O–H groups in total. The molecule has 118 valence electrons. The van der Waals surface area contributed by atoms with Gasteiger partial charge in [-0.15, -0.1) is 0 Å². The lowest BCUT2D eigenvalue weighted by Crippen LogP contribution is -2.15. The molecule has 0 saturated heterocycles. The van der Waals surface area contributed by atoms with Gasteiger partial charge in [-0.1, -0.05) is 36.4 Å². The lowest BCUT2D eigenvalue weighted by molar-refractivity contribution is -0.136. The monoisotopic (exact) mass is 309 g/mol. The zero-order valence-electron chi connectivity index (χ0n) is 13.0. The maximum Gasteiger partial charge on any atom is 0.307 e. The Labute approximate surface area is 135 Å². The standard InChI is InChI=1S/C19H19NO3/c1-12-5-2-3-8-15(12)16-11-17(16)19(23)20-14-7-4-6-13(9-14)10-18(21)22/h2-9,16-17H,10-11H2,1H3,(H,20,23)(H,21,22)/t16-,17+/m0/s1. The lowest BCUT2D eigenvalue weighted by atomic mass is 10.0. The highest BCUT2D eigenvalue weighted by atomic mass is 16.4. The number of anilines is 1. The van der Waals surface area contributed by atoms with Crippen LogP contribution in [0.25, 0.3) is 0 Å². The summed E-state index contributed by atoms with van der Waals surface area (Å²) in [5.41, 5.74) is 3.80. The molecule has 0 aromatic heterocycles. The van der Waals surface area contributed by atoms with E-state index < -0.39 is 5.97 Å². The van der Waals surface area contributed by atoms with Gasteiger partial charge in [-0.3, -0.25) is 9.59 Å². The highest BCUT2D eigenvalue weighted by Gasteiger charge is 2.44. The van der Waals surface area contributed by atoms with Crippen molar-refractivity contribution in [2.24, 2.45) is 5.92 Å². The van der Waals surface area contributed by atoms with Gasteiger partial charge < -0.3 is 10.4 Å². The fraction of sp³-hybridized carbons (Fsp3) is 0.263. The summed E-state index contributed by atoms with van der Waals surface area (Å²) >= 11 is 0. The fourth-order valence-electron chi connectivity index (χ4n) is 3.00. The van der Waals surface area contributed by atoms with Crippen molar-refractivity contribution in [1.82, 2.24) is 0 Å². The summed E-state index contributed by atoms with van der Waals surface area (Å²) < 4.78 is 0. The van der Waals surface area contributed by atoms with Crippen molar-refractivity contribution in [3.05, 3.63) is 65.2 Å². The van der Waals surface area contributed by atoms with Gasteiger partial charge in [0.15, 0.2) is 0 Å². The van der Waals surface area contributed by atoms with Crippen LogP contribution in [0.4, 0.5) is 5.69 Å². The minimum absolute atomic E-state index is 0.000713. The average molecular weight is 309 g/mol. The number of carbonyl (C=O) groups excluding carboxylic acids is 1. The second-order valence-electron chi connectivity index (χ2n) is 6.07. The summed E-state index contributed by atoms with van der Waals surface area (Å²) in [6.07, 6.45) is 0.824. The maximum atomic E-state index is 12.4. The van der Waals surface area contributed by atoms with E-state index in [1.54, 1.807) is 24.3 Å². The Kier molecular flexibility index (Phi) is 4.15. The molecule has 1 aliphatic rings. The zero-order chi connectivity index (χ0) is 16.4. The summed E-state index contributed by atoms with van der Waals surface area (Å²) in [4.78, 5) is 23.1. The highest BCUT2D eigenvalue weighted by Crippen LogP contribution is 2.48. The van der Waals surface area contributed by atoms with Gasteiger partial charge >= 0.3 is 5.97 Å². The Hall–Kier alpha value is -2.62. The van der Waals surface area contributed by atoms with E-state index in [9.17, 15) is 9.59 Å². The third kappa shape index (κ3) is 3.59. The molecule has 1 fully saturated rings. The highest BCUT2D eigenvalue weighted by molar-refractivity contribution is 5.95. The van der Waals surface area contributed by atoms with E-state index in [1.807, 2.05) is 12.1 Å². The van der Waals surface area contributed by atoms with Crippen molar-refractivity contribution in [1.29, 1.82) is 0 Å². The number of amides is 1. The molecule has 2 aromatic rings. The van der Waals surface area contributed by atoms with Gasteiger partial charge in [-0.2, -0.15) is 0 Å². The summed E-state index contributed by atoms with van der Waals surface area (Å²) in [6.45, 7) is 2.07. The van der Waals surface area contributed by atoms with Crippen LogP contribution in [-0.2, 0) is 16.0 Å². The van der Waals surface area contributed by atoms with Crippen molar-refractivity contribution in [3.63, 3.8) is 0 Å². The van der Waals surface area contributed by atoms with Crippen LogP contribution in [0, 0.1) is 12.8 Å². The summed E-state index contributed by atoms with van der Waals surface area (Å²) in [5, 5.41) is 11.7. The number of benzene rings is 2. The first-order valence-corrected chi connectivity index (χ1v) is 7.71. The number of carbonyl (C=O) groups is 2. The number of nitrogens with one attached hydrogen (secondary N) is 1. The minimum Gasteiger partial charge on any atom is -0.481 e. The topological polar surface area (TPSA) is 66.4 Å². The normalized spacial score (nSPS) is 19.2. The number of hydrogen-bond acceptors (Lipinski definition) is 2. The van der Waals surface area contributed by atoms with Crippen molar-refractivity contribution < 1.29 is 14.7 Å². The van der Waals surface area contributed by atoms with E-state index >= 15 is 0 Å². The maximum absolute atomic E-state index is 12.4. The quantitative estimate of drug-likeness (QED) is 0.890. The smallest absolute Gasteiger partial charge is 0.307 e. The van der Waals surface area contributed by atoms with Crippen LogP contribution >= 0.6 is 0 Å². The van der Waals surface area contributed by atoms with Crippen LogP contribution in [-0.4, -0.2) is 17.0 Å². The van der Waals surface area contributed by atoms with E-state index in [0.717, 1.165) is 6.42 Å². The first-order valence-electron chi connectivity index (χ1n) is 7.71. The number of carboxylic acids is 1. The largest absolute Gasteiger partial charge is 0.481 e. The van der Waals surface area contributed by atoms with Crippen molar-refractivity contribution >= 4 is 17.6 Å². The Morgan fingerprint density at radius 1 is 1.17 bits per heavy atom. The number of aliphatic carboxylic acids is 1. The average Bonchev–Trinajstić information content (AvgIpc) is 3.28. The van der Waals surface area contributed by atoms with Gasteiger partial charge in [-0.05, 0) is 48.1 Å². The molecule has 0 spiro atoms. The van der Waals surface area contributed by atoms with E-state index in [2.05, 4.69) is 24.4 Å². The molecule has 3 rings (SSSR count). The molecule has 0 aliphatic heterocycles. The molecule has 1 aliphatic carbocycles. The second-order valence-corrected chi connectivity index (χ2v) is 6.07. The molecule has 4 heteroatoms.